The maximum atomic E-state index is 10.1. The van der Waals surface area contributed by atoms with E-state index in [4.69, 9.17) is 25.1 Å². The van der Waals surface area contributed by atoms with Crippen LogP contribution in [0.2, 0.25) is 0 Å². The maximum absolute atomic E-state index is 10.1. The monoisotopic (exact) mass is 341 g/mol. The molecule has 0 aromatic heterocycles. The predicted molar refractivity (Wildman–Crippen MR) is 70.6 cm³/mol. The molecule has 2 aliphatic heterocycles. The van der Waals surface area contributed by atoms with Crippen molar-refractivity contribution < 1.29 is 50.0 Å². The van der Waals surface area contributed by atoms with E-state index in [0.717, 1.165) is 0 Å². The minimum absolute atomic E-state index is 0.622. The Labute approximate surface area is 131 Å². The fourth-order valence-corrected chi connectivity index (χ4v) is 2.60. The molecule has 0 aromatic rings. The molecule has 9 N–H and O–H groups in total. The number of aliphatic hydroxyl groups excluding tert-OH is 7. The van der Waals surface area contributed by atoms with Gasteiger partial charge in [0.1, 0.15) is 42.7 Å². The molecule has 2 rings (SSSR count). The summed E-state index contributed by atoms with van der Waals surface area (Å²) in [7, 11) is 0. The van der Waals surface area contributed by atoms with Crippen molar-refractivity contribution in [3.8, 4) is 0 Å². The number of rotatable bonds is 4. The van der Waals surface area contributed by atoms with Gasteiger partial charge in [0.15, 0.2) is 12.6 Å². The molecule has 10 atom stereocenters. The number of hydrogen-bond acceptors (Lipinski definition) is 11. The number of aliphatic hydroxyl groups is 7. The summed E-state index contributed by atoms with van der Waals surface area (Å²) in [6.07, 6.45) is -13.0. The van der Waals surface area contributed by atoms with E-state index >= 15 is 0 Å². The first-order valence-corrected chi connectivity index (χ1v) is 7.15. The third-order valence-electron chi connectivity index (χ3n) is 4.06. The molecule has 0 spiro atoms. The van der Waals surface area contributed by atoms with Crippen LogP contribution in [0.25, 0.3) is 0 Å². The van der Waals surface area contributed by atoms with E-state index in [0.29, 0.717) is 0 Å². The summed E-state index contributed by atoms with van der Waals surface area (Å²) in [6, 6.07) is -1.23. The number of nitrogens with two attached hydrogens (primary N) is 1. The normalized spacial score (nSPS) is 51.7. The third kappa shape index (κ3) is 3.65. The molecule has 0 saturated carbocycles. The number of ether oxygens (including phenoxy) is 3. The quantitative estimate of drug-likeness (QED) is 0.243. The van der Waals surface area contributed by atoms with Crippen molar-refractivity contribution in [2.24, 2.45) is 5.73 Å². The molecule has 0 amide bonds. The van der Waals surface area contributed by atoms with Gasteiger partial charge in [-0.3, -0.25) is 0 Å². The molecule has 0 aromatic carbocycles. The molecule has 0 bridgehead atoms. The summed E-state index contributed by atoms with van der Waals surface area (Å²) in [5.41, 5.74) is 5.55. The smallest absolute Gasteiger partial charge is 0.187 e. The second kappa shape index (κ2) is 7.63. The van der Waals surface area contributed by atoms with Crippen molar-refractivity contribution in [1.29, 1.82) is 0 Å². The Morgan fingerprint density at radius 2 is 1.39 bits per heavy atom. The van der Waals surface area contributed by atoms with Crippen molar-refractivity contribution in [2.75, 3.05) is 13.2 Å². The molecule has 2 saturated heterocycles. The lowest BCUT2D eigenvalue weighted by Gasteiger charge is -2.45. The zero-order valence-electron chi connectivity index (χ0n) is 12.1. The van der Waals surface area contributed by atoms with Crippen LogP contribution in [-0.4, -0.2) is 110 Å². The van der Waals surface area contributed by atoms with Crippen LogP contribution in [0.5, 0.6) is 0 Å². The van der Waals surface area contributed by atoms with Gasteiger partial charge < -0.3 is 55.7 Å². The van der Waals surface area contributed by atoms with Gasteiger partial charge >= 0.3 is 0 Å². The Morgan fingerprint density at radius 3 is 1.96 bits per heavy atom. The highest BCUT2D eigenvalue weighted by molar-refractivity contribution is 4.94. The van der Waals surface area contributed by atoms with Crippen molar-refractivity contribution in [1.82, 2.24) is 0 Å². The summed E-state index contributed by atoms with van der Waals surface area (Å²) < 4.78 is 15.5. The summed E-state index contributed by atoms with van der Waals surface area (Å²) in [5, 5.41) is 67.3. The van der Waals surface area contributed by atoms with Crippen molar-refractivity contribution >= 4 is 0 Å². The van der Waals surface area contributed by atoms with E-state index in [1.807, 2.05) is 0 Å². The van der Waals surface area contributed by atoms with Gasteiger partial charge in [0.2, 0.25) is 0 Å². The minimum Gasteiger partial charge on any atom is -0.394 e. The maximum Gasteiger partial charge on any atom is 0.187 e. The molecule has 11 nitrogen and oxygen atoms in total. The topological polar surface area (TPSA) is 195 Å². The van der Waals surface area contributed by atoms with Crippen molar-refractivity contribution in [2.45, 2.75) is 61.3 Å². The first-order chi connectivity index (χ1) is 10.8. The van der Waals surface area contributed by atoms with Crippen LogP contribution in [-0.2, 0) is 14.2 Å². The standard InChI is InChI=1S/C12H23NO10/c13-5-7(17)10(4(2-15)21-11(5)20)23-12-9(19)8(18)6(16)3(1-14)22-12/h3-12,14-20H,1-2,13H2/t3-,4-,5-,6+,7-,8+,9-,10-,11+,12+/m1/s1. The molecular weight excluding hydrogens is 318 g/mol. The van der Waals surface area contributed by atoms with E-state index in [1.165, 1.54) is 0 Å². The highest BCUT2D eigenvalue weighted by Crippen LogP contribution is 2.27. The van der Waals surface area contributed by atoms with Crippen LogP contribution in [0.15, 0.2) is 0 Å². The molecular formula is C12H23NO10. The Hall–Kier alpha value is -0.440. The largest absolute Gasteiger partial charge is 0.394 e. The summed E-state index contributed by atoms with van der Waals surface area (Å²) >= 11 is 0. The van der Waals surface area contributed by atoms with Gasteiger partial charge in [0, 0.05) is 0 Å². The van der Waals surface area contributed by atoms with Crippen LogP contribution in [0.3, 0.4) is 0 Å². The van der Waals surface area contributed by atoms with Gasteiger partial charge in [-0.25, -0.2) is 0 Å². The van der Waals surface area contributed by atoms with Gasteiger partial charge in [0.05, 0.1) is 19.3 Å². The molecule has 2 fully saturated rings. The third-order valence-corrected chi connectivity index (χ3v) is 4.06. The zero-order chi connectivity index (χ0) is 17.3. The van der Waals surface area contributed by atoms with Gasteiger partial charge in [-0.15, -0.1) is 0 Å². The first-order valence-electron chi connectivity index (χ1n) is 7.15. The molecule has 0 aliphatic carbocycles. The lowest BCUT2D eigenvalue weighted by atomic mass is 9.96. The summed E-state index contributed by atoms with van der Waals surface area (Å²) in [6.45, 7) is -1.26. The first kappa shape index (κ1) is 18.9. The Morgan fingerprint density at radius 1 is 0.783 bits per heavy atom. The van der Waals surface area contributed by atoms with Crippen molar-refractivity contribution in [3.05, 3.63) is 0 Å². The Bertz CT molecular complexity index is 383. The van der Waals surface area contributed by atoms with Gasteiger partial charge in [-0.05, 0) is 0 Å². The molecule has 11 heteroatoms. The number of hydrogen-bond donors (Lipinski definition) is 8. The second-order valence-electron chi connectivity index (χ2n) is 5.61. The van der Waals surface area contributed by atoms with Crippen LogP contribution in [0.1, 0.15) is 0 Å². The molecule has 2 heterocycles. The van der Waals surface area contributed by atoms with E-state index in [9.17, 15) is 30.6 Å². The van der Waals surface area contributed by atoms with Gasteiger partial charge in [-0.1, -0.05) is 0 Å². The molecule has 23 heavy (non-hydrogen) atoms. The second-order valence-corrected chi connectivity index (χ2v) is 5.61. The van der Waals surface area contributed by atoms with Crippen LogP contribution in [0, 0.1) is 0 Å². The highest BCUT2D eigenvalue weighted by atomic mass is 16.7. The average molecular weight is 341 g/mol. The van der Waals surface area contributed by atoms with Crippen LogP contribution < -0.4 is 5.73 Å². The lowest BCUT2D eigenvalue weighted by Crippen LogP contribution is -2.66. The van der Waals surface area contributed by atoms with E-state index in [2.05, 4.69) is 0 Å². The van der Waals surface area contributed by atoms with E-state index in [1.54, 1.807) is 0 Å². The van der Waals surface area contributed by atoms with Crippen LogP contribution >= 0.6 is 0 Å². The Kier molecular flexibility index (Phi) is 6.27. The SMILES string of the molecule is N[C@@H]1[C@@H](O)[C@H](O[C@@H]2O[C@H](CO)[C@H](O)[C@H](O)[C@H]2O)[C@@H](CO)O[C@@H]1O. The molecule has 136 valence electrons. The van der Waals surface area contributed by atoms with E-state index in [-0.39, 0.29) is 0 Å². The van der Waals surface area contributed by atoms with Crippen LogP contribution in [0.4, 0.5) is 0 Å². The minimum atomic E-state index is -1.68. The fraction of sp³-hybridized carbons (Fsp3) is 1.00. The summed E-state index contributed by atoms with van der Waals surface area (Å²) in [4.78, 5) is 0. The molecule has 0 unspecified atom stereocenters. The average Bonchev–Trinajstić information content (AvgIpc) is 2.55. The zero-order valence-corrected chi connectivity index (χ0v) is 12.1. The molecule has 2 aliphatic rings. The lowest BCUT2D eigenvalue weighted by molar-refractivity contribution is -0.344. The van der Waals surface area contributed by atoms with Gasteiger partial charge in [-0.2, -0.15) is 0 Å². The summed E-state index contributed by atoms with van der Waals surface area (Å²) in [5.74, 6) is 0. The fourth-order valence-electron chi connectivity index (χ4n) is 2.60. The van der Waals surface area contributed by atoms with E-state index < -0.39 is 74.6 Å². The molecule has 0 radical (unpaired) electrons. The highest BCUT2D eigenvalue weighted by Gasteiger charge is 2.49. The Balaban J connectivity index is 2.11. The van der Waals surface area contributed by atoms with Gasteiger partial charge in [0.25, 0.3) is 0 Å². The predicted octanol–water partition coefficient (Wildman–Crippen LogP) is -5.43. The van der Waals surface area contributed by atoms with Crippen molar-refractivity contribution in [3.63, 3.8) is 0 Å².